The van der Waals surface area contributed by atoms with E-state index in [2.05, 4.69) is 19.2 Å². The van der Waals surface area contributed by atoms with Crippen LogP contribution in [0.3, 0.4) is 0 Å². The fourth-order valence-corrected chi connectivity index (χ4v) is 2.52. The van der Waals surface area contributed by atoms with Crippen molar-refractivity contribution in [1.29, 1.82) is 0 Å². The van der Waals surface area contributed by atoms with Crippen molar-refractivity contribution in [2.24, 2.45) is 5.92 Å². The predicted molar refractivity (Wildman–Crippen MR) is 53.8 cm³/mol. The van der Waals surface area contributed by atoms with Gasteiger partial charge in [0.15, 0.2) is 0 Å². The summed E-state index contributed by atoms with van der Waals surface area (Å²) in [6.07, 6.45) is 6.47. The Labute approximate surface area is 81.0 Å². The second-order valence-corrected chi connectivity index (χ2v) is 4.62. The Morgan fingerprint density at radius 1 is 1.15 bits per heavy atom. The Kier molecular flexibility index (Phi) is 2.89. The third-order valence-electron chi connectivity index (χ3n) is 3.66. The molecule has 1 saturated carbocycles. The van der Waals surface area contributed by atoms with Gasteiger partial charge in [0.25, 0.3) is 0 Å². The summed E-state index contributed by atoms with van der Waals surface area (Å²) in [6.45, 7) is 5.45. The fraction of sp³-hybridized carbons (Fsp3) is 1.00. The third kappa shape index (κ3) is 2.05. The summed E-state index contributed by atoms with van der Waals surface area (Å²) in [6, 6.07) is 0.526. The Hall–Kier alpha value is -0.0800. The molecule has 13 heavy (non-hydrogen) atoms. The average Bonchev–Trinajstić information content (AvgIpc) is 2.62. The molecule has 0 spiro atoms. The minimum absolute atomic E-state index is 0.388. The molecule has 1 aliphatic carbocycles. The first-order chi connectivity index (χ1) is 6.27. The standard InChI is InChI=1S/C11H21NO/c1-8-9(2)13-11(7-12-8)10-5-3-4-6-10/h8-12H,3-7H2,1-2H3. The van der Waals surface area contributed by atoms with Gasteiger partial charge in [0.05, 0.1) is 12.2 Å². The molecule has 0 bridgehead atoms. The van der Waals surface area contributed by atoms with E-state index in [-0.39, 0.29) is 0 Å². The van der Waals surface area contributed by atoms with Crippen LogP contribution in [0.4, 0.5) is 0 Å². The summed E-state index contributed by atoms with van der Waals surface area (Å²) < 4.78 is 6.02. The molecule has 0 amide bonds. The molecule has 1 aliphatic heterocycles. The second-order valence-electron chi connectivity index (χ2n) is 4.62. The molecule has 3 unspecified atom stereocenters. The highest BCUT2D eigenvalue weighted by Gasteiger charge is 2.31. The van der Waals surface area contributed by atoms with Crippen molar-refractivity contribution in [1.82, 2.24) is 5.32 Å². The van der Waals surface area contributed by atoms with Crippen molar-refractivity contribution in [2.45, 2.75) is 57.8 Å². The van der Waals surface area contributed by atoms with Crippen LogP contribution < -0.4 is 5.32 Å². The highest BCUT2D eigenvalue weighted by atomic mass is 16.5. The smallest absolute Gasteiger partial charge is 0.0732 e. The lowest BCUT2D eigenvalue weighted by Crippen LogP contribution is -2.51. The summed E-state index contributed by atoms with van der Waals surface area (Å²) in [5.74, 6) is 0.836. The molecule has 1 saturated heterocycles. The van der Waals surface area contributed by atoms with E-state index >= 15 is 0 Å². The molecule has 3 atom stereocenters. The molecular weight excluding hydrogens is 162 g/mol. The maximum absolute atomic E-state index is 6.02. The van der Waals surface area contributed by atoms with Crippen LogP contribution in [0.15, 0.2) is 0 Å². The summed E-state index contributed by atoms with van der Waals surface area (Å²) in [5.41, 5.74) is 0. The minimum Gasteiger partial charge on any atom is -0.372 e. The first kappa shape index (κ1) is 9.47. The molecule has 1 heterocycles. The number of morpholine rings is 1. The van der Waals surface area contributed by atoms with Gasteiger partial charge in [-0.15, -0.1) is 0 Å². The maximum Gasteiger partial charge on any atom is 0.0732 e. The number of nitrogens with one attached hydrogen (secondary N) is 1. The summed E-state index contributed by atoms with van der Waals surface area (Å²) in [4.78, 5) is 0. The molecule has 2 rings (SSSR count). The molecule has 76 valence electrons. The van der Waals surface area contributed by atoms with Crippen LogP contribution in [0.2, 0.25) is 0 Å². The zero-order chi connectivity index (χ0) is 9.26. The Bertz CT molecular complexity index is 165. The van der Waals surface area contributed by atoms with E-state index in [9.17, 15) is 0 Å². The van der Waals surface area contributed by atoms with Gasteiger partial charge in [-0.25, -0.2) is 0 Å². The van der Waals surface area contributed by atoms with Gasteiger partial charge in [-0.3, -0.25) is 0 Å². The van der Waals surface area contributed by atoms with Crippen molar-refractivity contribution in [2.75, 3.05) is 6.54 Å². The minimum atomic E-state index is 0.388. The maximum atomic E-state index is 6.02. The SMILES string of the molecule is CC1NCC(C2CCCC2)OC1C. The first-order valence-corrected chi connectivity index (χ1v) is 5.66. The molecule has 0 aromatic rings. The molecule has 0 aromatic carbocycles. The first-order valence-electron chi connectivity index (χ1n) is 5.66. The van der Waals surface area contributed by atoms with Crippen molar-refractivity contribution in [3.8, 4) is 0 Å². The predicted octanol–water partition coefficient (Wildman–Crippen LogP) is 1.94. The highest BCUT2D eigenvalue weighted by Crippen LogP contribution is 2.31. The summed E-state index contributed by atoms with van der Waals surface area (Å²) in [5, 5.41) is 3.53. The molecule has 0 aromatic heterocycles. The lowest BCUT2D eigenvalue weighted by atomic mass is 9.98. The normalized spacial score (nSPS) is 42.5. The van der Waals surface area contributed by atoms with E-state index in [4.69, 9.17) is 4.74 Å². The van der Waals surface area contributed by atoms with E-state index in [0.29, 0.717) is 18.2 Å². The molecule has 2 aliphatic rings. The fourth-order valence-electron chi connectivity index (χ4n) is 2.52. The van der Waals surface area contributed by atoms with Gasteiger partial charge >= 0.3 is 0 Å². The molecule has 2 nitrogen and oxygen atoms in total. The van der Waals surface area contributed by atoms with E-state index in [1.165, 1.54) is 25.7 Å². The van der Waals surface area contributed by atoms with E-state index in [0.717, 1.165) is 12.5 Å². The van der Waals surface area contributed by atoms with Crippen LogP contribution in [0.25, 0.3) is 0 Å². The van der Waals surface area contributed by atoms with Crippen LogP contribution in [0, 0.1) is 5.92 Å². The zero-order valence-electron chi connectivity index (χ0n) is 8.75. The highest BCUT2D eigenvalue weighted by molar-refractivity contribution is 4.85. The van der Waals surface area contributed by atoms with E-state index in [1.807, 2.05) is 0 Å². The van der Waals surface area contributed by atoms with Crippen LogP contribution in [-0.2, 0) is 4.74 Å². The van der Waals surface area contributed by atoms with Crippen LogP contribution in [-0.4, -0.2) is 24.8 Å². The van der Waals surface area contributed by atoms with E-state index in [1.54, 1.807) is 0 Å². The summed E-state index contributed by atoms with van der Waals surface area (Å²) in [7, 11) is 0. The number of ether oxygens (including phenoxy) is 1. The van der Waals surface area contributed by atoms with Crippen molar-refractivity contribution >= 4 is 0 Å². The van der Waals surface area contributed by atoms with Gasteiger partial charge in [0.1, 0.15) is 0 Å². The number of hydrogen-bond acceptors (Lipinski definition) is 2. The van der Waals surface area contributed by atoms with Gasteiger partial charge < -0.3 is 10.1 Å². The Balaban J connectivity index is 1.87. The lowest BCUT2D eigenvalue weighted by Gasteiger charge is -2.36. The Morgan fingerprint density at radius 3 is 2.46 bits per heavy atom. The largest absolute Gasteiger partial charge is 0.372 e. The van der Waals surface area contributed by atoms with Crippen LogP contribution in [0.5, 0.6) is 0 Å². The van der Waals surface area contributed by atoms with Crippen molar-refractivity contribution in [3.05, 3.63) is 0 Å². The molecule has 2 fully saturated rings. The summed E-state index contributed by atoms with van der Waals surface area (Å²) >= 11 is 0. The van der Waals surface area contributed by atoms with Gasteiger partial charge in [0, 0.05) is 12.6 Å². The van der Waals surface area contributed by atoms with Crippen LogP contribution >= 0.6 is 0 Å². The molecular formula is C11H21NO. The van der Waals surface area contributed by atoms with Gasteiger partial charge in [-0.2, -0.15) is 0 Å². The van der Waals surface area contributed by atoms with Crippen LogP contribution in [0.1, 0.15) is 39.5 Å². The number of rotatable bonds is 1. The second kappa shape index (κ2) is 3.97. The average molecular weight is 183 g/mol. The van der Waals surface area contributed by atoms with Gasteiger partial charge in [-0.1, -0.05) is 12.8 Å². The molecule has 2 heteroatoms. The molecule has 0 radical (unpaired) electrons. The van der Waals surface area contributed by atoms with Gasteiger partial charge in [0.2, 0.25) is 0 Å². The Morgan fingerprint density at radius 2 is 1.85 bits per heavy atom. The topological polar surface area (TPSA) is 21.3 Å². The van der Waals surface area contributed by atoms with Crippen molar-refractivity contribution < 1.29 is 4.74 Å². The van der Waals surface area contributed by atoms with Crippen molar-refractivity contribution in [3.63, 3.8) is 0 Å². The van der Waals surface area contributed by atoms with Gasteiger partial charge in [-0.05, 0) is 32.6 Å². The number of hydrogen-bond donors (Lipinski definition) is 1. The van der Waals surface area contributed by atoms with E-state index < -0.39 is 0 Å². The lowest BCUT2D eigenvalue weighted by molar-refractivity contribution is -0.0745. The zero-order valence-corrected chi connectivity index (χ0v) is 8.75. The quantitative estimate of drug-likeness (QED) is 0.671. The third-order valence-corrected chi connectivity index (χ3v) is 3.66. The monoisotopic (exact) mass is 183 g/mol. The molecule has 1 N–H and O–H groups in total.